The zero-order chi connectivity index (χ0) is 20.1. The van der Waals surface area contributed by atoms with Gasteiger partial charge in [-0.15, -0.1) is 0 Å². The van der Waals surface area contributed by atoms with Crippen molar-refractivity contribution in [1.29, 1.82) is 5.26 Å². The van der Waals surface area contributed by atoms with Crippen LogP contribution >= 0.6 is 0 Å². The lowest BCUT2D eigenvalue weighted by atomic mass is 10.1. The van der Waals surface area contributed by atoms with E-state index in [-0.39, 0.29) is 34.8 Å². The Balaban J connectivity index is 2.38. The van der Waals surface area contributed by atoms with Gasteiger partial charge in [0.2, 0.25) is 0 Å². The van der Waals surface area contributed by atoms with Gasteiger partial charge in [0.1, 0.15) is 28.8 Å². The van der Waals surface area contributed by atoms with Gasteiger partial charge in [0.05, 0.1) is 11.1 Å². The minimum atomic E-state index is -4.69. The number of nitrogens with zero attached hydrogens (tertiary/aromatic N) is 5. The van der Waals surface area contributed by atoms with Gasteiger partial charge in [0.15, 0.2) is 5.82 Å². The van der Waals surface area contributed by atoms with E-state index in [9.17, 15) is 18.0 Å². The van der Waals surface area contributed by atoms with Crippen molar-refractivity contribution in [2.45, 2.75) is 26.6 Å². The lowest BCUT2D eigenvalue weighted by Crippen LogP contribution is -2.28. The first-order valence-electron chi connectivity index (χ1n) is 7.95. The fraction of sp³-hybridized carbons (Fsp3) is 0.294. The van der Waals surface area contributed by atoms with Crippen LogP contribution in [0.5, 0.6) is 0 Å². The third-order valence-electron chi connectivity index (χ3n) is 4.32. The maximum atomic E-state index is 13.3. The van der Waals surface area contributed by atoms with Crippen LogP contribution in [0.3, 0.4) is 0 Å². The number of aryl methyl sites for hydroxylation is 2. The zero-order valence-corrected chi connectivity index (χ0v) is 14.7. The highest BCUT2D eigenvalue weighted by Gasteiger charge is 2.35. The predicted octanol–water partition coefficient (Wildman–Crippen LogP) is 2.60. The topological polar surface area (TPSA) is 103 Å². The van der Waals surface area contributed by atoms with Crippen LogP contribution in [0.4, 0.5) is 19.0 Å². The molecule has 10 heteroatoms. The molecule has 3 aromatic rings. The Hall–Kier alpha value is -3.35. The average Bonchev–Trinajstić information content (AvgIpc) is 2.92. The molecule has 140 valence electrons. The summed E-state index contributed by atoms with van der Waals surface area (Å²) in [7, 11) is 1.52. The first-order chi connectivity index (χ1) is 12.6. The lowest BCUT2D eigenvalue weighted by molar-refractivity contribution is -0.144. The summed E-state index contributed by atoms with van der Waals surface area (Å²) in [5, 5.41) is 9.03. The Morgan fingerprint density at radius 3 is 2.52 bits per heavy atom. The predicted molar refractivity (Wildman–Crippen MR) is 92.7 cm³/mol. The molecule has 0 aromatic carbocycles. The standard InChI is InChI=1S/C17H15F3N6O/c1-4-26-11(17(18,19)20)6-10-13(16(26)27)25(3)15(23-10)12-8(2)5-9(7-21)14(22)24-12/h5-6H,4H2,1-3H3,(H2,22,24). The van der Waals surface area contributed by atoms with Crippen molar-refractivity contribution in [3.8, 4) is 17.6 Å². The number of anilines is 1. The summed E-state index contributed by atoms with van der Waals surface area (Å²) < 4.78 is 42.0. The second-order valence-corrected chi connectivity index (χ2v) is 6.00. The molecule has 0 fully saturated rings. The molecule has 0 aliphatic carbocycles. The number of nitriles is 1. The highest BCUT2D eigenvalue weighted by molar-refractivity contribution is 5.80. The van der Waals surface area contributed by atoms with Crippen molar-refractivity contribution in [3.05, 3.63) is 39.3 Å². The van der Waals surface area contributed by atoms with Crippen molar-refractivity contribution in [3.63, 3.8) is 0 Å². The number of halogens is 3. The Kier molecular flexibility index (Phi) is 4.18. The molecule has 0 amide bonds. The molecule has 0 aliphatic rings. The lowest BCUT2D eigenvalue weighted by Gasteiger charge is -2.14. The quantitative estimate of drug-likeness (QED) is 0.741. The number of nitrogens with two attached hydrogens (primary N) is 1. The van der Waals surface area contributed by atoms with Crippen LogP contribution in [0.15, 0.2) is 16.9 Å². The fourth-order valence-electron chi connectivity index (χ4n) is 3.02. The van der Waals surface area contributed by atoms with E-state index in [1.54, 1.807) is 6.92 Å². The van der Waals surface area contributed by atoms with E-state index in [1.807, 2.05) is 6.07 Å². The molecule has 0 radical (unpaired) electrons. The van der Waals surface area contributed by atoms with Gasteiger partial charge >= 0.3 is 6.18 Å². The highest BCUT2D eigenvalue weighted by atomic mass is 19.4. The number of pyridine rings is 2. The SMILES string of the molecule is CCn1c(C(F)(F)F)cc2nc(-c3nc(N)c(C#N)cc3C)n(C)c2c1=O. The van der Waals surface area contributed by atoms with Gasteiger partial charge in [-0.2, -0.15) is 18.4 Å². The van der Waals surface area contributed by atoms with E-state index in [0.717, 1.165) is 6.07 Å². The van der Waals surface area contributed by atoms with Gasteiger partial charge in [-0.1, -0.05) is 0 Å². The van der Waals surface area contributed by atoms with E-state index in [0.29, 0.717) is 15.8 Å². The molecule has 27 heavy (non-hydrogen) atoms. The summed E-state index contributed by atoms with van der Waals surface area (Å²) in [6.45, 7) is 3.01. The van der Waals surface area contributed by atoms with Gasteiger partial charge in [-0.05, 0) is 31.5 Å². The first kappa shape index (κ1) is 18.4. The number of hydrogen-bond donors (Lipinski definition) is 1. The molecular formula is C17H15F3N6O. The van der Waals surface area contributed by atoms with Gasteiger partial charge in [0.25, 0.3) is 5.56 Å². The maximum absolute atomic E-state index is 13.3. The first-order valence-corrected chi connectivity index (χ1v) is 7.95. The molecule has 0 bridgehead atoms. The Labute approximate surface area is 151 Å². The third kappa shape index (κ3) is 2.81. The summed E-state index contributed by atoms with van der Waals surface area (Å²) in [5.74, 6) is 0.171. The van der Waals surface area contributed by atoms with Crippen LogP contribution < -0.4 is 11.3 Å². The van der Waals surface area contributed by atoms with E-state index in [4.69, 9.17) is 11.0 Å². The molecule has 3 heterocycles. The molecule has 2 N–H and O–H groups in total. The van der Waals surface area contributed by atoms with Crippen LogP contribution in [0, 0.1) is 18.3 Å². The molecule has 0 atom stereocenters. The average molecular weight is 376 g/mol. The zero-order valence-electron chi connectivity index (χ0n) is 14.7. The van der Waals surface area contributed by atoms with Crippen LogP contribution in [0.25, 0.3) is 22.6 Å². The van der Waals surface area contributed by atoms with E-state index in [1.165, 1.54) is 24.6 Å². The molecule has 0 unspecified atom stereocenters. The molecule has 0 aliphatic heterocycles. The minimum absolute atomic E-state index is 0.0212. The summed E-state index contributed by atoms with van der Waals surface area (Å²) in [6.07, 6.45) is -4.69. The van der Waals surface area contributed by atoms with Crippen LogP contribution in [-0.4, -0.2) is 19.1 Å². The van der Waals surface area contributed by atoms with Crippen molar-refractivity contribution in [2.75, 3.05) is 5.73 Å². The van der Waals surface area contributed by atoms with Crippen LogP contribution in [0.1, 0.15) is 23.7 Å². The number of aromatic nitrogens is 4. The highest BCUT2D eigenvalue weighted by Crippen LogP contribution is 2.32. The Morgan fingerprint density at radius 2 is 1.96 bits per heavy atom. The van der Waals surface area contributed by atoms with Crippen LogP contribution in [-0.2, 0) is 19.8 Å². The number of alkyl halides is 3. The normalized spacial score (nSPS) is 11.7. The summed E-state index contributed by atoms with van der Waals surface area (Å²) in [4.78, 5) is 21.0. The van der Waals surface area contributed by atoms with Gasteiger partial charge < -0.3 is 14.9 Å². The molecule has 0 saturated carbocycles. The molecule has 0 spiro atoms. The number of hydrogen-bond acceptors (Lipinski definition) is 5. The van der Waals surface area contributed by atoms with E-state index in [2.05, 4.69) is 9.97 Å². The molecule has 3 aromatic heterocycles. The maximum Gasteiger partial charge on any atom is 0.431 e. The van der Waals surface area contributed by atoms with Crippen LogP contribution in [0.2, 0.25) is 0 Å². The molecule has 7 nitrogen and oxygen atoms in total. The molecule has 3 rings (SSSR count). The van der Waals surface area contributed by atoms with Crippen molar-refractivity contribution < 1.29 is 13.2 Å². The fourth-order valence-corrected chi connectivity index (χ4v) is 3.02. The monoisotopic (exact) mass is 376 g/mol. The third-order valence-corrected chi connectivity index (χ3v) is 4.32. The van der Waals surface area contributed by atoms with E-state index >= 15 is 0 Å². The molecule has 0 saturated heterocycles. The smallest absolute Gasteiger partial charge is 0.383 e. The number of imidazole rings is 1. The van der Waals surface area contributed by atoms with E-state index < -0.39 is 17.4 Å². The minimum Gasteiger partial charge on any atom is -0.383 e. The van der Waals surface area contributed by atoms with Crippen molar-refractivity contribution in [2.24, 2.45) is 7.05 Å². The number of fused-ring (bicyclic) bond motifs is 1. The Bertz CT molecular complexity index is 1170. The second-order valence-electron chi connectivity index (χ2n) is 6.00. The van der Waals surface area contributed by atoms with Gasteiger partial charge in [-0.3, -0.25) is 4.79 Å². The molecular weight excluding hydrogens is 361 g/mol. The summed E-state index contributed by atoms with van der Waals surface area (Å²) >= 11 is 0. The second kappa shape index (κ2) is 6.12. The summed E-state index contributed by atoms with van der Waals surface area (Å²) in [5.41, 5.74) is 4.89. The largest absolute Gasteiger partial charge is 0.431 e. The summed E-state index contributed by atoms with van der Waals surface area (Å²) in [6, 6.07) is 4.28. The van der Waals surface area contributed by atoms with Gasteiger partial charge in [-0.25, -0.2) is 9.97 Å². The van der Waals surface area contributed by atoms with Crippen molar-refractivity contribution >= 4 is 16.9 Å². The number of nitrogen functional groups attached to an aromatic ring is 1. The number of rotatable bonds is 2. The van der Waals surface area contributed by atoms with Gasteiger partial charge in [0, 0.05) is 13.6 Å². The van der Waals surface area contributed by atoms with Crippen molar-refractivity contribution in [1.82, 2.24) is 19.1 Å². The Morgan fingerprint density at radius 1 is 1.30 bits per heavy atom.